The van der Waals surface area contributed by atoms with Crippen molar-refractivity contribution in [2.45, 2.75) is 25.1 Å². The van der Waals surface area contributed by atoms with Crippen LogP contribution in [0.1, 0.15) is 24.0 Å². The Morgan fingerprint density at radius 3 is 2.64 bits per heavy atom. The van der Waals surface area contributed by atoms with Gasteiger partial charge < -0.3 is 5.32 Å². The predicted molar refractivity (Wildman–Crippen MR) is 123 cm³/mol. The lowest BCUT2D eigenvalue weighted by Gasteiger charge is -2.31. The Labute approximate surface area is 185 Å². The molecule has 1 heterocycles. The summed E-state index contributed by atoms with van der Waals surface area (Å²) in [5.41, 5.74) is 2.54. The van der Waals surface area contributed by atoms with Gasteiger partial charge in [0.15, 0.2) is 0 Å². The normalized spacial score (nSPS) is 15.5. The van der Waals surface area contributed by atoms with Crippen molar-refractivity contribution in [3.63, 3.8) is 0 Å². The van der Waals surface area contributed by atoms with Crippen molar-refractivity contribution in [1.82, 2.24) is 10.2 Å². The summed E-state index contributed by atoms with van der Waals surface area (Å²) in [5, 5.41) is 3.89. The topological polar surface area (TPSA) is 32.3 Å². The van der Waals surface area contributed by atoms with E-state index in [0.29, 0.717) is 0 Å². The second-order valence-corrected chi connectivity index (χ2v) is 9.61. The van der Waals surface area contributed by atoms with E-state index in [9.17, 15) is 4.79 Å². The van der Waals surface area contributed by atoms with Gasteiger partial charge in [0.25, 0.3) is 0 Å². The Morgan fingerprint density at radius 1 is 1.14 bits per heavy atom. The van der Waals surface area contributed by atoms with Crippen LogP contribution < -0.4 is 5.32 Å². The van der Waals surface area contributed by atoms with Crippen LogP contribution in [-0.2, 0) is 17.1 Å². The fourth-order valence-electron chi connectivity index (χ4n) is 3.45. The number of likely N-dealkylation sites (tertiary alicyclic amines) is 1. The highest BCUT2D eigenvalue weighted by atomic mass is 79.9. The molecule has 1 fully saturated rings. The molecular formula is C22H26BrClN2OS. The van der Waals surface area contributed by atoms with Crippen LogP contribution in [0.4, 0.5) is 0 Å². The maximum absolute atomic E-state index is 12.4. The van der Waals surface area contributed by atoms with Gasteiger partial charge in [-0.3, -0.25) is 9.69 Å². The first-order chi connectivity index (χ1) is 13.6. The van der Waals surface area contributed by atoms with Gasteiger partial charge in [-0.2, -0.15) is 11.8 Å². The minimum atomic E-state index is 0.150. The van der Waals surface area contributed by atoms with Crippen molar-refractivity contribution in [2.75, 3.05) is 25.4 Å². The number of nitrogens with one attached hydrogen (secondary N) is 1. The fraction of sp³-hybridized carbons (Fsp3) is 0.409. The number of carbonyl (C=O) groups is 1. The van der Waals surface area contributed by atoms with E-state index in [1.807, 2.05) is 36.0 Å². The summed E-state index contributed by atoms with van der Waals surface area (Å²) in [6.07, 6.45) is 1.88. The van der Waals surface area contributed by atoms with E-state index in [2.05, 4.69) is 50.4 Å². The number of hydrogen-bond acceptors (Lipinski definition) is 3. The van der Waals surface area contributed by atoms with E-state index < -0.39 is 0 Å². The zero-order chi connectivity index (χ0) is 19.8. The lowest BCUT2D eigenvalue weighted by molar-refractivity contribution is -0.126. The molecular weight excluding hydrogens is 456 g/mol. The summed E-state index contributed by atoms with van der Waals surface area (Å²) < 4.78 is 1.12. The van der Waals surface area contributed by atoms with Crippen LogP contribution in [0.25, 0.3) is 0 Å². The van der Waals surface area contributed by atoms with Gasteiger partial charge in [0.2, 0.25) is 5.91 Å². The van der Waals surface area contributed by atoms with Crippen molar-refractivity contribution in [1.29, 1.82) is 0 Å². The van der Waals surface area contributed by atoms with Crippen LogP contribution in [-0.4, -0.2) is 36.2 Å². The van der Waals surface area contributed by atoms with E-state index in [0.717, 1.165) is 60.0 Å². The van der Waals surface area contributed by atoms with E-state index in [1.54, 1.807) is 0 Å². The highest BCUT2D eigenvalue weighted by molar-refractivity contribution is 9.10. The van der Waals surface area contributed by atoms with E-state index in [1.165, 1.54) is 11.1 Å². The Hall–Kier alpha value is -1.01. The number of amides is 1. The van der Waals surface area contributed by atoms with Crippen LogP contribution in [0.5, 0.6) is 0 Å². The number of rotatable bonds is 8. The van der Waals surface area contributed by atoms with Crippen molar-refractivity contribution < 1.29 is 4.79 Å². The van der Waals surface area contributed by atoms with Crippen LogP contribution in [0.2, 0.25) is 5.02 Å². The molecule has 0 unspecified atom stereocenters. The summed E-state index contributed by atoms with van der Waals surface area (Å²) in [4.78, 5) is 14.9. The van der Waals surface area contributed by atoms with Gasteiger partial charge in [-0.25, -0.2) is 0 Å². The predicted octanol–water partition coefficient (Wildman–Crippen LogP) is 5.36. The van der Waals surface area contributed by atoms with Gasteiger partial charge in [0, 0.05) is 40.0 Å². The Kier molecular flexibility index (Phi) is 8.71. The first-order valence-corrected chi connectivity index (χ1v) is 12.0. The smallest absolute Gasteiger partial charge is 0.223 e. The number of benzene rings is 2. The summed E-state index contributed by atoms with van der Waals surface area (Å²) in [5.74, 6) is 2.20. The maximum atomic E-state index is 12.4. The summed E-state index contributed by atoms with van der Waals surface area (Å²) in [7, 11) is 0. The zero-order valence-electron chi connectivity index (χ0n) is 15.9. The Bertz CT molecular complexity index is 781. The number of nitrogens with zero attached hydrogens (tertiary/aromatic N) is 1. The van der Waals surface area contributed by atoms with E-state index >= 15 is 0 Å². The van der Waals surface area contributed by atoms with Crippen molar-refractivity contribution in [3.05, 3.63) is 69.2 Å². The molecule has 1 N–H and O–H groups in total. The molecule has 28 heavy (non-hydrogen) atoms. The molecule has 3 nitrogen and oxygen atoms in total. The SMILES string of the molecule is O=C(NCCSCc1cccc(Cl)c1)C1CCN(Cc2cccc(Br)c2)CC1. The third-order valence-electron chi connectivity index (χ3n) is 4.96. The standard InChI is InChI=1S/C22H26BrClN2OS/c23-20-5-1-3-17(13-20)15-26-10-7-19(8-11-26)22(27)25-9-12-28-16-18-4-2-6-21(24)14-18/h1-6,13-14,19H,7-12,15-16H2,(H,25,27). The highest BCUT2D eigenvalue weighted by Gasteiger charge is 2.24. The summed E-state index contributed by atoms with van der Waals surface area (Å²) in [6, 6.07) is 16.4. The zero-order valence-corrected chi connectivity index (χ0v) is 19.0. The fourth-order valence-corrected chi connectivity index (χ4v) is 4.92. The molecule has 2 aromatic carbocycles. The van der Waals surface area contributed by atoms with Gasteiger partial charge in [-0.1, -0.05) is 51.8 Å². The third-order valence-corrected chi connectivity index (χ3v) is 6.72. The average Bonchev–Trinajstić information content (AvgIpc) is 2.68. The molecule has 2 aromatic rings. The molecule has 6 heteroatoms. The average molecular weight is 482 g/mol. The van der Waals surface area contributed by atoms with E-state index in [4.69, 9.17) is 11.6 Å². The van der Waals surface area contributed by atoms with Crippen molar-refractivity contribution in [3.8, 4) is 0 Å². The molecule has 3 rings (SSSR count). The largest absolute Gasteiger partial charge is 0.355 e. The second kappa shape index (κ2) is 11.2. The van der Waals surface area contributed by atoms with Crippen LogP contribution in [0, 0.1) is 5.92 Å². The third kappa shape index (κ3) is 7.11. The minimum absolute atomic E-state index is 0.150. The molecule has 0 spiro atoms. The van der Waals surface area contributed by atoms with Gasteiger partial charge in [0.1, 0.15) is 0 Å². The van der Waals surface area contributed by atoms with Gasteiger partial charge >= 0.3 is 0 Å². The molecule has 0 aliphatic carbocycles. The minimum Gasteiger partial charge on any atom is -0.355 e. The maximum Gasteiger partial charge on any atom is 0.223 e. The molecule has 0 aromatic heterocycles. The van der Waals surface area contributed by atoms with Crippen molar-refractivity contribution >= 4 is 45.2 Å². The summed E-state index contributed by atoms with van der Waals surface area (Å²) in [6.45, 7) is 3.64. The summed E-state index contributed by atoms with van der Waals surface area (Å²) >= 11 is 11.4. The van der Waals surface area contributed by atoms with Gasteiger partial charge in [-0.15, -0.1) is 0 Å². The molecule has 0 atom stereocenters. The quantitative estimate of drug-likeness (QED) is 0.515. The van der Waals surface area contributed by atoms with Crippen molar-refractivity contribution in [2.24, 2.45) is 5.92 Å². The van der Waals surface area contributed by atoms with Gasteiger partial charge in [0.05, 0.1) is 0 Å². The number of piperidine rings is 1. The molecule has 1 saturated heterocycles. The van der Waals surface area contributed by atoms with Gasteiger partial charge in [-0.05, 0) is 61.3 Å². The molecule has 1 amide bonds. The molecule has 1 aliphatic rings. The molecule has 0 radical (unpaired) electrons. The van der Waals surface area contributed by atoms with Crippen LogP contribution in [0.3, 0.4) is 0 Å². The molecule has 1 aliphatic heterocycles. The first-order valence-electron chi connectivity index (χ1n) is 9.67. The molecule has 0 saturated carbocycles. The Morgan fingerprint density at radius 2 is 1.89 bits per heavy atom. The van der Waals surface area contributed by atoms with E-state index in [-0.39, 0.29) is 11.8 Å². The monoisotopic (exact) mass is 480 g/mol. The molecule has 0 bridgehead atoms. The van der Waals surface area contributed by atoms with Crippen LogP contribution in [0.15, 0.2) is 53.0 Å². The number of halogens is 2. The number of carbonyl (C=O) groups excluding carboxylic acids is 1. The molecule has 150 valence electrons. The Balaban J connectivity index is 1.30. The highest BCUT2D eigenvalue weighted by Crippen LogP contribution is 2.21. The number of thioether (sulfide) groups is 1. The second-order valence-electron chi connectivity index (χ2n) is 7.15. The first kappa shape index (κ1) is 21.7. The lowest BCUT2D eigenvalue weighted by Crippen LogP contribution is -2.40. The van der Waals surface area contributed by atoms with Crippen LogP contribution >= 0.6 is 39.3 Å². The number of hydrogen-bond donors (Lipinski definition) is 1. The lowest BCUT2D eigenvalue weighted by atomic mass is 9.95.